The molecule has 0 heterocycles. The number of hydrogen-bond acceptors (Lipinski definition) is 4. The van der Waals surface area contributed by atoms with Crippen molar-refractivity contribution in [3.05, 3.63) is 29.3 Å². The smallest absolute Gasteiger partial charge is 0.328 e. The fourth-order valence-corrected chi connectivity index (χ4v) is 2.25. The van der Waals surface area contributed by atoms with Gasteiger partial charge in [-0.1, -0.05) is 11.6 Å². The number of carbonyl (C=O) groups is 2. The van der Waals surface area contributed by atoms with Crippen LogP contribution in [0.5, 0.6) is 0 Å². The lowest BCUT2D eigenvalue weighted by molar-refractivity contribution is -0.142. The second-order valence-electron chi connectivity index (χ2n) is 3.80. The van der Waals surface area contributed by atoms with Gasteiger partial charge in [0.05, 0.1) is 11.9 Å². The van der Waals surface area contributed by atoms with Gasteiger partial charge in [-0.05, 0) is 31.2 Å². The average Bonchev–Trinajstić information content (AvgIpc) is 2.37. The van der Waals surface area contributed by atoms with E-state index in [0.717, 1.165) is 4.90 Å². The van der Waals surface area contributed by atoms with Gasteiger partial charge in [0.25, 0.3) is 0 Å². The number of benzene rings is 1. The van der Waals surface area contributed by atoms with Crippen molar-refractivity contribution in [2.24, 2.45) is 0 Å². The molecule has 104 valence electrons. The van der Waals surface area contributed by atoms with Crippen LogP contribution < -0.4 is 5.32 Å². The summed E-state index contributed by atoms with van der Waals surface area (Å²) < 4.78 is 0. The molecule has 0 bridgehead atoms. The SMILES string of the molecule is CC(Sc1ccc(Cl)cc1)C(=O)N[C@@H](CO)C(=O)O. The Kier molecular flexibility index (Phi) is 6.14. The number of aliphatic hydroxyl groups is 1. The zero-order valence-corrected chi connectivity index (χ0v) is 11.7. The molecule has 7 heteroatoms. The van der Waals surface area contributed by atoms with Gasteiger partial charge in [-0.3, -0.25) is 4.79 Å². The number of carboxylic acid groups (broad SMARTS) is 1. The molecule has 19 heavy (non-hydrogen) atoms. The molecule has 0 aliphatic carbocycles. The van der Waals surface area contributed by atoms with Gasteiger partial charge in [0, 0.05) is 9.92 Å². The topological polar surface area (TPSA) is 86.6 Å². The minimum atomic E-state index is -1.28. The number of carbonyl (C=O) groups excluding carboxylic acids is 1. The predicted molar refractivity (Wildman–Crippen MR) is 73.4 cm³/mol. The second kappa shape index (κ2) is 7.37. The minimum absolute atomic E-state index is 0.443. The zero-order chi connectivity index (χ0) is 14.4. The highest BCUT2D eigenvalue weighted by atomic mass is 35.5. The van der Waals surface area contributed by atoms with Crippen LogP contribution in [0.1, 0.15) is 6.92 Å². The van der Waals surface area contributed by atoms with Crippen LogP contribution in [-0.4, -0.2) is 40.0 Å². The van der Waals surface area contributed by atoms with Crippen molar-refractivity contribution in [2.45, 2.75) is 23.1 Å². The Morgan fingerprint density at radius 2 is 1.95 bits per heavy atom. The molecule has 5 nitrogen and oxygen atoms in total. The number of nitrogens with one attached hydrogen (secondary N) is 1. The predicted octanol–water partition coefficient (Wildman–Crippen LogP) is 1.38. The molecule has 0 saturated heterocycles. The van der Waals surface area contributed by atoms with Gasteiger partial charge in [0.2, 0.25) is 5.91 Å². The lowest BCUT2D eigenvalue weighted by atomic mass is 10.3. The first-order chi connectivity index (χ1) is 8.93. The maximum Gasteiger partial charge on any atom is 0.328 e. The van der Waals surface area contributed by atoms with E-state index in [9.17, 15) is 9.59 Å². The van der Waals surface area contributed by atoms with Gasteiger partial charge >= 0.3 is 5.97 Å². The molecule has 1 rings (SSSR count). The van der Waals surface area contributed by atoms with Crippen LogP contribution in [0.3, 0.4) is 0 Å². The fraction of sp³-hybridized carbons (Fsp3) is 0.333. The largest absolute Gasteiger partial charge is 0.480 e. The van der Waals surface area contributed by atoms with E-state index >= 15 is 0 Å². The van der Waals surface area contributed by atoms with E-state index in [1.807, 2.05) is 0 Å². The maximum atomic E-state index is 11.8. The molecule has 0 fully saturated rings. The number of halogens is 1. The normalized spacial score (nSPS) is 13.6. The van der Waals surface area contributed by atoms with E-state index in [2.05, 4.69) is 5.32 Å². The van der Waals surface area contributed by atoms with Crippen LogP contribution in [0.25, 0.3) is 0 Å². The Labute approximate surface area is 120 Å². The van der Waals surface area contributed by atoms with Crippen LogP contribution in [0.15, 0.2) is 29.2 Å². The Balaban J connectivity index is 2.57. The number of rotatable bonds is 6. The second-order valence-corrected chi connectivity index (χ2v) is 5.65. The summed E-state index contributed by atoms with van der Waals surface area (Å²) >= 11 is 7.03. The first-order valence-electron chi connectivity index (χ1n) is 5.50. The molecule has 1 aromatic rings. The van der Waals surface area contributed by atoms with Crippen LogP contribution in [0.4, 0.5) is 0 Å². The first kappa shape index (κ1) is 15.8. The molecule has 0 spiro atoms. The number of thioether (sulfide) groups is 1. The van der Waals surface area contributed by atoms with E-state index in [1.165, 1.54) is 11.8 Å². The van der Waals surface area contributed by atoms with E-state index in [4.69, 9.17) is 21.8 Å². The molecule has 0 saturated carbocycles. The summed E-state index contributed by atoms with van der Waals surface area (Å²) in [6.45, 7) is 1.02. The lowest BCUT2D eigenvalue weighted by Crippen LogP contribution is -2.46. The highest BCUT2D eigenvalue weighted by molar-refractivity contribution is 8.00. The summed E-state index contributed by atoms with van der Waals surface area (Å²) in [7, 11) is 0. The Bertz CT molecular complexity index is 452. The standard InChI is InChI=1S/C12H14ClNO4S/c1-7(11(16)14-10(6-15)12(17)18)19-9-4-2-8(13)3-5-9/h2-5,7,10,15H,6H2,1H3,(H,14,16)(H,17,18)/t7?,10-/m0/s1. The lowest BCUT2D eigenvalue weighted by Gasteiger charge is -2.15. The summed E-state index contributed by atoms with van der Waals surface area (Å²) in [4.78, 5) is 23.3. The molecule has 0 aromatic heterocycles. The van der Waals surface area contributed by atoms with E-state index in [0.29, 0.717) is 5.02 Å². The highest BCUT2D eigenvalue weighted by Gasteiger charge is 2.22. The molecule has 0 aliphatic heterocycles. The molecule has 1 aromatic carbocycles. The number of amides is 1. The van der Waals surface area contributed by atoms with Crippen molar-refractivity contribution in [1.29, 1.82) is 0 Å². The van der Waals surface area contributed by atoms with Crippen LogP contribution in [0.2, 0.25) is 5.02 Å². The summed E-state index contributed by atoms with van der Waals surface area (Å²) in [5, 5.41) is 19.9. The van der Waals surface area contributed by atoms with Crippen molar-refractivity contribution in [1.82, 2.24) is 5.32 Å². The van der Waals surface area contributed by atoms with Crippen molar-refractivity contribution in [3.63, 3.8) is 0 Å². The number of aliphatic carboxylic acids is 1. The Morgan fingerprint density at radius 3 is 2.42 bits per heavy atom. The number of carboxylic acids is 1. The van der Waals surface area contributed by atoms with Crippen LogP contribution in [0, 0.1) is 0 Å². The van der Waals surface area contributed by atoms with Crippen molar-refractivity contribution >= 4 is 35.2 Å². The first-order valence-corrected chi connectivity index (χ1v) is 6.76. The summed E-state index contributed by atoms with van der Waals surface area (Å²) in [6.07, 6.45) is 0. The number of hydrogen-bond donors (Lipinski definition) is 3. The summed E-state index contributed by atoms with van der Waals surface area (Å²) in [6, 6.07) is 5.69. The van der Waals surface area contributed by atoms with E-state index in [-0.39, 0.29) is 0 Å². The zero-order valence-electron chi connectivity index (χ0n) is 10.2. The monoisotopic (exact) mass is 303 g/mol. The molecular formula is C12H14ClNO4S. The molecule has 2 atom stereocenters. The van der Waals surface area contributed by atoms with Crippen LogP contribution >= 0.6 is 23.4 Å². The third-order valence-electron chi connectivity index (χ3n) is 2.29. The molecule has 3 N–H and O–H groups in total. The number of aliphatic hydroxyl groups excluding tert-OH is 1. The quantitative estimate of drug-likeness (QED) is 0.691. The molecule has 1 amide bonds. The molecule has 1 unspecified atom stereocenters. The van der Waals surface area contributed by atoms with Crippen molar-refractivity contribution in [3.8, 4) is 0 Å². The Hall–Kier alpha value is -1.24. The van der Waals surface area contributed by atoms with Gasteiger partial charge in [-0.25, -0.2) is 4.79 Å². The van der Waals surface area contributed by atoms with E-state index < -0.39 is 29.8 Å². The summed E-state index contributed by atoms with van der Waals surface area (Å²) in [5.41, 5.74) is 0. The van der Waals surface area contributed by atoms with E-state index in [1.54, 1.807) is 31.2 Å². The maximum absolute atomic E-state index is 11.8. The van der Waals surface area contributed by atoms with Gasteiger partial charge in [0.15, 0.2) is 0 Å². The fourth-order valence-electron chi connectivity index (χ4n) is 1.25. The highest BCUT2D eigenvalue weighted by Crippen LogP contribution is 2.24. The molecule has 0 aliphatic rings. The van der Waals surface area contributed by atoms with Gasteiger partial charge < -0.3 is 15.5 Å². The van der Waals surface area contributed by atoms with Gasteiger partial charge in [-0.15, -0.1) is 11.8 Å². The van der Waals surface area contributed by atoms with Crippen molar-refractivity contribution in [2.75, 3.05) is 6.61 Å². The third-order valence-corrected chi connectivity index (χ3v) is 3.66. The van der Waals surface area contributed by atoms with Crippen molar-refractivity contribution < 1.29 is 19.8 Å². The minimum Gasteiger partial charge on any atom is -0.480 e. The Morgan fingerprint density at radius 1 is 1.37 bits per heavy atom. The van der Waals surface area contributed by atoms with Crippen LogP contribution in [-0.2, 0) is 9.59 Å². The van der Waals surface area contributed by atoms with Gasteiger partial charge in [0.1, 0.15) is 6.04 Å². The van der Waals surface area contributed by atoms with Gasteiger partial charge in [-0.2, -0.15) is 0 Å². The molecular weight excluding hydrogens is 290 g/mol. The molecule has 0 radical (unpaired) electrons. The average molecular weight is 304 g/mol. The summed E-state index contributed by atoms with van der Waals surface area (Å²) in [5.74, 6) is -1.71. The third kappa shape index (κ3) is 5.10.